The Balaban J connectivity index is 2.97. The predicted molar refractivity (Wildman–Crippen MR) is 109 cm³/mol. The number of rotatable bonds is 13. The van der Waals surface area contributed by atoms with Crippen molar-refractivity contribution in [2.24, 2.45) is 0 Å². The van der Waals surface area contributed by atoms with Crippen molar-refractivity contribution in [1.29, 1.82) is 0 Å². The molecule has 1 unspecified atom stereocenters. The number of nitrogens with one attached hydrogen (secondary N) is 1. The van der Waals surface area contributed by atoms with E-state index in [1.807, 2.05) is 0 Å². The molecule has 0 aliphatic rings. The molecule has 1 rings (SSSR count). The van der Waals surface area contributed by atoms with Gasteiger partial charge in [0.25, 0.3) is 0 Å². The molecule has 1 N–H and O–H groups in total. The Bertz CT molecular complexity index is 368. The zero-order valence-corrected chi connectivity index (χ0v) is 18.9. The van der Waals surface area contributed by atoms with Crippen LogP contribution in [0, 0.1) is 0 Å². The average molecular weight is 424 g/mol. The van der Waals surface area contributed by atoms with E-state index in [2.05, 4.69) is 63.3 Å². The molecule has 1 nitrogen and oxygen atoms in total. The minimum absolute atomic E-state index is 0.802. The van der Waals surface area contributed by atoms with Gasteiger partial charge in [-0.3, -0.25) is 0 Å². The molecule has 1 aromatic rings. The zero-order chi connectivity index (χ0) is 17.0. The molecule has 0 amide bonds. The van der Waals surface area contributed by atoms with Crippen molar-refractivity contribution in [2.75, 3.05) is 5.32 Å². The van der Waals surface area contributed by atoms with Crippen LogP contribution in [-0.4, -0.2) is 22.4 Å². The Morgan fingerprint density at radius 2 is 1.26 bits per heavy atom. The molecule has 0 aliphatic heterocycles. The van der Waals surface area contributed by atoms with Crippen LogP contribution in [0.4, 0.5) is 5.69 Å². The number of para-hydroxylation sites is 1. The second kappa shape index (κ2) is 12.2. The van der Waals surface area contributed by atoms with Crippen LogP contribution in [0.15, 0.2) is 30.3 Å². The van der Waals surface area contributed by atoms with Gasteiger partial charge in [-0.15, -0.1) is 0 Å². The van der Waals surface area contributed by atoms with Crippen molar-refractivity contribution in [3.63, 3.8) is 0 Å². The Hall–Kier alpha value is -0.181. The fourth-order valence-electron chi connectivity index (χ4n) is 3.91. The van der Waals surface area contributed by atoms with Gasteiger partial charge in [-0.1, -0.05) is 0 Å². The van der Waals surface area contributed by atoms with E-state index >= 15 is 0 Å². The fourth-order valence-corrected chi connectivity index (χ4v) is 21.9. The zero-order valence-electron chi connectivity index (χ0n) is 16.0. The summed E-state index contributed by atoms with van der Waals surface area (Å²) in [5, 5.41) is 3.99. The average Bonchev–Trinajstić information content (AvgIpc) is 2.60. The third-order valence-electron chi connectivity index (χ3n) is 5.35. The van der Waals surface area contributed by atoms with E-state index in [9.17, 15) is 0 Å². The summed E-state index contributed by atoms with van der Waals surface area (Å²) < 4.78 is 5.56. The van der Waals surface area contributed by atoms with Gasteiger partial charge < -0.3 is 0 Å². The number of unbranched alkanes of at least 4 members (excludes halogenated alkanes) is 3. The van der Waals surface area contributed by atoms with E-state index < -0.39 is 18.4 Å². The molecule has 1 atom stereocenters. The molecular weight excluding hydrogens is 385 g/mol. The van der Waals surface area contributed by atoms with Crippen molar-refractivity contribution in [3.8, 4) is 0 Å². The SMILES string of the molecule is CCC[CH2][Sn]([CH2]CCC)([CH2]CCC)[CH](CC)Nc1ccccc1. The maximum absolute atomic E-state index is 3.99. The van der Waals surface area contributed by atoms with Crippen LogP contribution in [-0.2, 0) is 0 Å². The molecule has 0 aliphatic carbocycles. The van der Waals surface area contributed by atoms with Crippen molar-refractivity contribution >= 4 is 24.1 Å². The summed E-state index contributed by atoms with van der Waals surface area (Å²) in [4.78, 5) is 0. The number of hydrogen-bond donors (Lipinski definition) is 1. The van der Waals surface area contributed by atoms with E-state index in [0.29, 0.717) is 0 Å². The van der Waals surface area contributed by atoms with Crippen LogP contribution >= 0.6 is 0 Å². The van der Waals surface area contributed by atoms with Crippen LogP contribution in [0.1, 0.15) is 72.6 Å². The molecule has 0 bridgehead atoms. The first-order chi connectivity index (χ1) is 11.2. The summed E-state index contributed by atoms with van der Waals surface area (Å²) in [5.74, 6) is 0. The fraction of sp³-hybridized carbons (Fsp3) is 0.714. The van der Waals surface area contributed by atoms with E-state index in [0.717, 1.165) is 4.06 Å². The molecule has 0 fully saturated rings. The summed E-state index contributed by atoms with van der Waals surface area (Å²) in [6.45, 7) is 9.50. The Morgan fingerprint density at radius 1 is 0.783 bits per heavy atom. The van der Waals surface area contributed by atoms with Crippen LogP contribution in [0.2, 0.25) is 13.3 Å². The van der Waals surface area contributed by atoms with Crippen molar-refractivity contribution < 1.29 is 0 Å². The molecule has 2 heteroatoms. The third-order valence-corrected chi connectivity index (χ3v) is 22.7. The van der Waals surface area contributed by atoms with Crippen LogP contribution < -0.4 is 5.32 Å². The topological polar surface area (TPSA) is 12.0 Å². The number of hydrogen-bond acceptors (Lipinski definition) is 1. The monoisotopic (exact) mass is 425 g/mol. The summed E-state index contributed by atoms with van der Waals surface area (Å²) in [7, 11) is 0. The van der Waals surface area contributed by atoms with Gasteiger partial charge in [0.1, 0.15) is 0 Å². The van der Waals surface area contributed by atoms with Gasteiger partial charge >= 0.3 is 150 Å². The molecule has 132 valence electrons. The molecule has 23 heavy (non-hydrogen) atoms. The molecular formula is C21H39NSn. The normalized spacial score (nSPS) is 13.0. The second-order valence-electron chi connectivity index (χ2n) is 7.14. The van der Waals surface area contributed by atoms with Crippen molar-refractivity contribution in [3.05, 3.63) is 30.3 Å². The standard InChI is InChI=1S/C9H12N.3C4H9.Sn/c1-2-8-10-9-6-4-3-5-7-9;3*1-3-4-2;/h3-8,10H,2H2,1H3;3*1,3-4H2,2H3;. The van der Waals surface area contributed by atoms with E-state index in [-0.39, 0.29) is 0 Å². The van der Waals surface area contributed by atoms with Crippen LogP contribution in [0.5, 0.6) is 0 Å². The Labute approximate surface area is 149 Å². The second-order valence-corrected chi connectivity index (χ2v) is 21.2. The first-order valence-corrected chi connectivity index (χ1v) is 17.7. The van der Waals surface area contributed by atoms with Crippen LogP contribution in [0.3, 0.4) is 0 Å². The Kier molecular flexibility index (Phi) is 11.1. The van der Waals surface area contributed by atoms with Gasteiger partial charge in [-0.05, 0) is 0 Å². The quantitative estimate of drug-likeness (QED) is 0.329. The minimum atomic E-state index is -2.18. The molecule has 0 saturated heterocycles. The van der Waals surface area contributed by atoms with Crippen molar-refractivity contribution in [2.45, 2.75) is 90.0 Å². The van der Waals surface area contributed by atoms with Gasteiger partial charge in [-0.2, -0.15) is 0 Å². The van der Waals surface area contributed by atoms with Gasteiger partial charge in [-0.25, -0.2) is 0 Å². The first kappa shape index (κ1) is 20.9. The first-order valence-electron chi connectivity index (χ1n) is 10.0. The van der Waals surface area contributed by atoms with Crippen molar-refractivity contribution in [1.82, 2.24) is 0 Å². The van der Waals surface area contributed by atoms with E-state index in [1.165, 1.54) is 50.6 Å². The molecule has 0 spiro atoms. The predicted octanol–water partition coefficient (Wildman–Crippen LogP) is 7.27. The number of benzene rings is 1. The van der Waals surface area contributed by atoms with Gasteiger partial charge in [0.05, 0.1) is 0 Å². The van der Waals surface area contributed by atoms with Gasteiger partial charge in [0.2, 0.25) is 0 Å². The Morgan fingerprint density at radius 3 is 1.65 bits per heavy atom. The van der Waals surface area contributed by atoms with Gasteiger partial charge in [0, 0.05) is 0 Å². The number of anilines is 1. The maximum atomic E-state index is 3.99. The summed E-state index contributed by atoms with van der Waals surface area (Å²) in [6.07, 6.45) is 9.75. The summed E-state index contributed by atoms with van der Waals surface area (Å²) in [5.41, 5.74) is 1.34. The van der Waals surface area contributed by atoms with E-state index in [4.69, 9.17) is 0 Å². The molecule has 1 aromatic carbocycles. The molecule has 0 aromatic heterocycles. The third kappa shape index (κ3) is 7.07. The molecule has 0 saturated carbocycles. The van der Waals surface area contributed by atoms with Gasteiger partial charge in [0.15, 0.2) is 0 Å². The van der Waals surface area contributed by atoms with Crippen LogP contribution in [0.25, 0.3) is 0 Å². The molecule has 0 radical (unpaired) electrons. The summed E-state index contributed by atoms with van der Waals surface area (Å²) >= 11 is -2.18. The molecule has 0 heterocycles. The summed E-state index contributed by atoms with van der Waals surface area (Å²) in [6, 6.07) is 10.9. The van der Waals surface area contributed by atoms with E-state index in [1.54, 1.807) is 13.3 Å².